The first-order chi connectivity index (χ1) is 14.7. The van der Waals surface area contributed by atoms with Gasteiger partial charge in [-0.05, 0) is 48.0 Å². The topological polar surface area (TPSA) is 45.2 Å². The van der Waals surface area contributed by atoms with E-state index in [0.29, 0.717) is 0 Å². The third-order valence-corrected chi connectivity index (χ3v) is 5.69. The Morgan fingerprint density at radius 3 is 2.90 bits per heavy atom. The highest BCUT2D eigenvalue weighted by Crippen LogP contribution is 2.37. The van der Waals surface area contributed by atoms with E-state index in [4.69, 9.17) is 0 Å². The summed E-state index contributed by atoms with van der Waals surface area (Å²) in [6.07, 6.45) is 19.6. The second kappa shape index (κ2) is 7.59. The molecule has 5 rings (SSSR count). The molecule has 148 valence electrons. The zero-order valence-electron chi connectivity index (χ0n) is 17.0. The number of benzene rings is 1. The molecule has 0 spiro atoms. The minimum absolute atomic E-state index is 0.883. The predicted molar refractivity (Wildman–Crippen MR) is 122 cm³/mol. The molecule has 0 amide bonds. The summed E-state index contributed by atoms with van der Waals surface area (Å²) >= 11 is 0. The summed E-state index contributed by atoms with van der Waals surface area (Å²) in [5, 5.41) is 0. The van der Waals surface area contributed by atoms with Crippen LogP contribution in [0, 0.1) is 0 Å². The van der Waals surface area contributed by atoms with Crippen LogP contribution in [0.15, 0.2) is 85.8 Å². The molecule has 0 N–H and O–H groups in total. The van der Waals surface area contributed by atoms with E-state index in [9.17, 15) is 0 Å². The van der Waals surface area contributed by atoms with Crippen molar-refractivity contribution in [1.29, 1.82) is 0 Å². The highest BCUT2D eigenvalue weighted by Gasteiger charge is 2.22. The standard InChI is InChI=1S/C25H23N5/c1-3-5-19(14-20-6-4-12-29(20)2)22-15-21(16-23-25(22)28-11-10-27-23)30-13-8-18-7-9-26-17-24(18)30/h3-5,7,9-12,14-17H,1,6,8,13H2,2H3/b19-5+,20-14+. The van der Waals surface area contributed by atoms with Crippen LogP contribution in [0.2, 0.25) is 0 Å². The van der Waals surface area contributed by atoms with Gasteiger partial charge in [0.25, 0.3) is 0 Å². The third-order valence-electron chi connectivity index (χ3n) is 5.69. The summed E-state index contributed by atoms with van der Waals surface area (Å²) < 4.78 is 0. The fraction of sp³-hybridized carbons (Fsp3) is 0.160. The molecule has 2 aromatic heterocycles. The number of hydrogen-bond acceptors (Lipinski definition) is 5. The van der Waals surface area contributed by atoms with Crippen LogP contribution in [-0.2, 0) is 6.42 Å². The van der Waals surface area contributed by atoms with Crippen LogP contribution in [0.5, 0.6) is 0 Å². The Labute approximate surface area is 176 Å². The van der Waals surface area contributed by atoms with Crippen molar-refractivity contribution in [2.75, 3.05) is 18.5 Å². The van der Waals surface area contributed by atoms with Gasteiger partial charge in [0.15, 0.2) is 0 Å². The van der Waals surface area contributed by atoms with E-state index in [0.717, 1.165) is 47.2 Å². The van der Waals surface area contributed by atoms with E-state index in [2.05, 4.69) is 74.9 Å². The summed E-state index contributed by atoms with van der Waals surface area (Å²) in [7, 11) is 2.07. The summed E-state index contributed by atoms with van der Waals surface area (Å²) in [4.78, 5) is 18.1. The van der Waals surface area contributed by atoms with Gasteiger partial charge >= 0.3 is 0 Å². The maximum absolute atomic E-state index is 4.66. The van der Waals surface area contributed by atoms with Crippen LogP contribution < -0.4 is 4.90 Å². The zero-order valence-corrected chi connectivity index (χ0v) is 17.0. The van der Waals surface area contributed by atoms with Crippen molar-refractivity contribution >= 4 is 28.0 Å². The first kappa shape index (κ1) is 18.3. The van der Waals surface area contributed by atoms with Crippen molar-refractivity contribution in [3.8, 4) is 0 Å². The minimum Gasteiger partial charge on any atom is -0.354 e. The normalized spacial score (nSPS) is 17.2. The molecule has 5 nitrogen and oxygen atoms in total. The molecule has 0 bridgehead atoms. The second-order valence-corrected chi connectivity index (χ2v) is 7.52. The van der Waals surface area contributed by atoms with Crippen molar-refractivity contribution in [3.63, 3.8) is 0 Å². The van der Waals surface area contributed by atoms with Crippen molar-refractivity contribution in [2.45, 2.75) is 12.8 Å². The van der Waals surface area contributed by atoms with Crippen molar-refractivity contribution in [2.24, 2.45) is 0 Å². The van der Waals surface area contributed by atoms with Gasteiger partial charge in [-0.3, -0.25) is 15.0 Å². The quantitative estimate of drug-likeness (QED) is 0.582. The lowest BCUT2D eigenvalue weighted by molar-refractivity contribution is 0.586. The molecule has 0 saturated heterocycles. The Morgan fingerprint density at radius 2 is 2.07 bits per heavy atom. The number of anilines is 2. The van der Waals surface area contributed by atoms with E-state index in [1.165, 1.54) is 16.9 Å². The molecule has 0 radical (unpaired) electrons. The Hall–Kier alpha value is -3.73. The summed E-state index contributed by atoms with van der Waals surface area (Å²) in [6, 6.07) is 6.44. The van der Waals surface area contributed by atoms with Crippen molar-refractivity contribution in [1.82, 2.24) is 19.9 Å². The highest BCUT2D eigenvalue weighted by molar-refractivity contribution is 5.95. The smallest absolute Gasteiger partial charge is 0.0966 e. The predicted octanol–water partition coefficient (Wildman–Crippen LogP) is 5.02. The minimum atomic E-state index is 0.883. The van der Waals surface area contributed by atoms with Gasteiger partial charge in [-0.1, -0.05) is 24.8 Å². The summed E-state index contributed by atoms with van der Waals surface area (Å²) in [6.45, 7) is 4.87. The van der Waals surface area contributed by atoms with E-state index in [-0.39, 0.29) is 0 Å². The van der Waals surface area contributed by atoms with Gasteiger partial charge in [-0.15, -0.1) is 0 Å². The molecule has 0 saturated carbocycles. The van der Waals surface area contributed by atoms with E-state index in [1.54, 1.807) is 12.4 Å². The molecule has 0 unspecified atom stereocenters. The molecule has 2 aliphatic heterocycles. The van der Waals surface area contributed by atoms with Gasteiger partial charge < -0.3 is 9.80 Å². The zero-order chi connectivity index (χ0) is 20.5. The van der Waals surface area contributed by atoms with Gasteiger partial charge in [0, 0.05) is 55.6 Å². The average molecular weight is 393 g/mol. The molecule has 0 fully saturated rings. The van der Waals surface area contributed by atoms with Crippen LogP contribution >= 0.6 is 0 Å². The maximum atomic E-state index is 4.66. The molecule has 5 heteroatoms. The lowest BCUT2D eigenvalue weighted by Crippen LogP contribution is -2.14. The monoisotopic (exact) mass is 393 g/mol. The highest BCUT2D eigenvalue weighted by atomic mass is 15.2. The number of pyridine rings is 1. The fourth-order valence-electron chi connectivity index (χ4n) is 4.18. The SMILES string of the molecule is C=C/C=C(\C=C1/CC=CN1C)c1cc(N2CCc3ccncc32)cc2nccnc12. The van der Waals surface area contributed by atoms with Gasteiger partial charge in [-0.2, -0.15) is 0 Å². The number of allylic oxidation sites excluding steroid dienone is 5. The average Bonchev–Trinajstić information content (AvgIpc) is 3.39. The second-order valence-electron chi connectivity index (χ2n) is 7.52. The van der Waals surface area contributed by atoms with Gasteiger partial charge in [0.05, 0.1) is 22.9 Å². The molecule has 3 aromatic rings. The molecule has 30 heavy (non-hydrogen) atoms. The first-order valence-electron chi connectivity index (χ1n) is 10.1. The number of hydrogen-bond donors (Lipinski definition) is 0. The molecule has 2 aliphatic rings. The Kier molecular flexibility index (Phi) is 4.64. The lowest BCUT2D eigenvalue weighted by atomic mass is 10.00. The van der Waals surface area contributed by atoms with E-state index < -0.39 is 0 Å². The van der Waals surface area contributed by atoms with Gasteiger partial charge in [0.2, 0.25) is 0 Å². The Balaban J connectivity index is 1.68. The third kappa shape index (κ3) is 3.18. The lowest BCUT2D eigenvalue weighted by Gasteiger charge is -2.21. The maximum Gasteiger partial charge on any atom is 0.0966 e. The van der Waals surface area contributed by atoms with Crippen LogP contribution in [-0.4, -0.2) is 33.4 Å². The first-order valence-corrected chi connectivity index (χ1v) is 10.1. The van der Waals surface area contributed by atoms with E-state index in [1.807, 2.05) is 24.5 Å². The number of nitrogens with zero attached hydrogens (tertiary/aromatic N) is 5. The molecule has 1 aromatic carbocycles. The van der Waals surface area contributed by atoms with Crippen molar-refractivity contribution < 1.29 is 0 Å². The molecule has 0 aliphatic carbocycles. The Morgan fingerprint density at radius 1 is 1.17 bits per heavy atom. The van der Waals surface area contributed by atoms with Gasteiger partial charge in [-0.25, -0.2) is 0 Å². The number of aromatic nitrogens is 3. The Bertz CT molecular complexity index is 1220. The van der Waals surface area contributed by atoms with Crippen LogP contribution in [0.3, 0.4) is 0 Å². The number of rotatable bonds is 4. The van der Waals surface area contributed by atoms with Crippen LogP contribution in [0.4, 0.5) is 11.4 Å². The molecule has 4 heterocycles. The largest absolute Gasteiger partial charge is 0.354 e. The van der Waals surface area contributed by atoms with Crippen LogP contribution in [0.25, 0.3) is 16.6 Å². The van der Waals surface area contributed by atoms with E-state index >= 15 is 0 Å². The fourth-order valence-corrected chi connectivity index (χ4v) is 4.18. The number of fused-ring (bicyclic) bond motifs is 2. The summed E-state index contributed by atoms with van der Waals surface area (Å²) in [5.41, 5.74) is 8.75. The summed E-state index contributed by atoms with van der Waals surface area (Å²) in [5.74, 6) is 0. The molecular formula is C25H23N5. The van der Waals surface area contributed by atoms with Crippen molar-refractivity contribution in [3.05, 3.63) is 96.9 Å². The van der Waals surface area contributed by atoms with Gasteiger partial charge in [0.1, 0.15) is 0 Å². The molecule has 0 atom stereocenters. The van der Waals surface area contributed by atoms with Crippen LogP contribution in [0.1, 0.15) is 17.5 Å². The molecular weight excluding hydrogens is 370 g/mol.